The van der Waals surface area contributed by atoms with E-state index in [1.54, 1.807) is 30.3 Å². The number of benzene rings is 2. The third-order valence-corrected chi connectivity index (χ3v) is 4.09. The molecule has 1 aliphatic heterocycles. The molecule has 1 atom stereocenters. The fraction of sp³-hybridized carbons (Fsp3) is 0.222. The third-order valence-electron chi connectivity index (χ3n) is 3.85. The van der Waals surface area contributed by atoms with Crippen LogP contribution in [0.2, 0.25) is 5.02 Å². The van der Waals surface area contributed by atoms with Gasteiger partial charge in [0.25, 0.3) is 0 Å². The summed E-state index contributed by atoms with van der Waals surface area (Å²) in [5.41, 5.74) is 2.17. The maximum absolute atomic E-state index is 12.3. The number of halogens is 1. The highest BCUT2D eigenvalue weighted by molar-refractivity contribution is 6.30. The number of anilines is 2. The van der Waals surface area contributed by atoms with Crippen molar-refractivity contribution in [1.29, 1.82) is 0 Å². The second-order valence-electron chi connectivity index (χ2n) is 5.70. The highest BCUT2D eigenvalue weighted by atomic mass is 35.5. The van der Waals surface area contributed by atoms with Gasteiger partial charge in [0.15, 0.2) is 0 Å². The number of hydrogen-bond acceptors (Lipinski definition) is 3. The average molecular weight is 345 g/mol. The van der Waals surface area contributed by atoms with Crippen molar-refractivity contribution < 1.29 is 14.3 Å². The van der Waals surface area contributed by atoms with E-state index in [1.807, 2.05) is 19.1 Å². The topological polar surface area (TPSA) is 67.4 Å². The molecule has 2 N–H and O–H groups in total. The van der Waals surface area contributed by atoms with Crippen LogP contribution in [0, 0.1) is 12.8 Å². The Morgan fingerprint density at radius 3 is 2.92 bits per heavy atom. The lowest BCUT2D eigenvalue weighted by Crippen LogP contribution is -2.29. The number of carbonyl (C=O) groups excluding carboxylic acids is 2. The quantitative estimate of drug-likeness (QED) is 0.893. The molecule has 0 aliphatic carbocycles. The van der Waals surface area contributed by atoms with Gasteiger partial charge in [-0.25, -0.2) is 0 Å². The molecule has 24 heavy (non-hydrogen) atoms. The normalized spacial score (nSPS) is 16.4. The van der Waals surface area contributed by atoms with Gasteiger partial charge in [0.2, 0.25) is 11.8 Å². The summed E-state index contributed by atoms with van der Waals surface area (Å²) in [5.74, 6) is -0.398. The Morgan fingerprint density at radius 1 is 1.33 bits per heavy atom. The first-order valence-corrected chi connectivity index (χ1v) is 7.99. The Bertz CT molecular complexity index is 792. The Morgan fingerprint density at radius 2 is 2.12 bits per heavy atom. The van der Waals surface area contributed by atoms with Gasteiger partial charge in [0.05, 0.1) is 11.6 Å². The molecule has 2 amide bonds. The van der Waals surface area contributed by atoms with Crippen molar-refractivity contribution in [2.45, 2.75) is 13.3 Å². The van der Waals surface area contributed by atoms with Gasteiger partial charge in [-0.3, -0.25) is 9.59 Å². The minimum atomic E-state index is -0.551. The van der Waals surface area contributed by atoms with Gasteiger partial charge in [0, 0.05) is 17.1 Å². The van der Waals surface area contributed by atoms with Crippen LogP contribution in [0.15, 0.2) is 42.5 Å². The van der Waals surface area contributed by atoms with Gasteiger partial charge >= 0.3 is 0 Å². The fourth-order valence-electron chi connectivity index (χ4n) is 2.54. The maximum atomic E-state index is 12.3. The summed E-state index contributed by atoms with van der Waals surface area (Å²) in [6, 6.07) is 12.4. The molecule has 0 fully saturated rings. The van der Waals surface area contributed by atoms with E-state index in [1.165, 1.54) is 0 Å². The molecule has 3 rings (SSSR count). The maximum Gasteiger partial charge on any atom is 0.231 e. The van der Waals surface area contributed by atoms with Gasteiger partial charge in [-0.2, -0.15) is 0 Å². The zero-order chi connectivity index (χ0) is 17.1. The van der Waals surface area contributed by atoms with Crippen LogP contribution in [-0.4, -0.2) is 18.4 Å². The summed E-state index contributed by atoms with van der Waals surface area (Å²) >= 11 is 5.91. The minimum Gasteiger partial charge on any atom is -0.491 e. The largest absolute Gasteiger partial charge is 0.491 e. The second kappa shape index (κ2) is 6.93. The molecule has 1 aliphatic rings. The summed E-state index contributed by atoms with van der Waals surface area (Å²) in [6.07, 6.45) is 0.0435. The molecule has 124 valence electrons. The van der Waals surface area contributed by atoms with E-state index >= 15 is 0 Å². The van der Waals surface area contributed by atoms with E-state index in [0.29, 0.717) is 22.1 Å². The molecule has 0 saturated heterocycles. The van der Waals surface area contributed by atoms with Crippen molar-refractivity contribution in [2.75, 3.05) is 17.2 Å². The van der Waals surface area contributed by atoms with Gasteiger partial charge in [-0.1, -0.05) is 23.7 Å². The van der Waals surface area contributed by atoms with Gasteiger partial charge in [0.1, 0.15) is 12.4 Å². The Hall–Kier alpha value is -2.53. The molecule has 0 saturated carbocycles. The Kier molecular flexibility index (Phi) is 4.71. The van der Waals surface area contributed by atoms with Crippen molar-refractivity contribution in [3.63, 3.8) is 0 Å². The van der Waals surface area contributed by atoms with Crippen molar-refractivity contribution in [1.82, 2.24) is 0 Å². The van der Waals surface area contributed by atoms with Crippen LogP contribution in [0.4, 0.5) is 11.4 Å². The zero-order valence-electron chi connectivity index (χ0n) is 13.1. The Labute approximate surface area is 145 Å². The molecular weight excluding hydrogens is 328 g/mol. The lowest BCUT2D eigenvalue weighted by atomic mass is 10.0. The zero-order valence-corrected chi connectivity index (χ0v) is 13.9. The highest BCUT2D eigenvalue weighted by Gasteiger charge is 2.27. The van der Waals surface area contributed by atoms with Crippen molar-refractivity contribution in [3.8, 4) is 5.75 Å². The predicted molar refractivity (Wildman–Crippen MR) is 93.5 cm³/mol. The molecular formula is C18H17ClN2O3. The van der Waals surface area contributed by atoms with Crippen molar-refractivity contribution in [2.24, 2.45) is 5.92 Å². The summed E-state index contributed by atoms with van der Waals surface area (Å²) in [4.78, 5) is 24.6. The van der Waals surface area contributed by atoms with E-state index in [2.05, 4.69) is 10.6 Å². The van der Waals surface area contributed by atoms with Crippen LogP contribution >= 0.6 is 11.6 Å². The van der Waals surface area contributed by atoms with E-state index in [-0.39, 0.29) is 24.8 Å². The van der Waals surface area contributed by atoms with Gasteiger partial charge in [-0.05, 0) is 42.8 Å². The second-order valence-corrected chi connectivity index (χ2v) is 6.14. The summed E-state index contributed by atoms with van der Waals surface area (Å²) in [6.45, 7) is 2.02. The lowest BCUT2D eigenvalue weighted by molar-refractivity contribution is -0.125. The summed E-state index contributed by atoms with van der Waals surface area (Å²) in [5, 5.41) is 6.22. The number of rotatable bonds is 3. The molecule has 1 heterocycles. The van der Waals surface area contributed by atoms with E-state index < -0.39 is 5.92 Å². The number of hydrogen-bond donors (Lipinski definition) is 2. The van der Waals surface area contributed by atoms with Crippen molar-refractivity contribution >= 4 is 34.8 Å². The molecule has 0 unspecified atom stereocenters. The van der Waals surface area contributed by atoms with Crippen LogP contribution in [-0.2, 0) is 9.59 Å². The first-order chi connectivity index (χ1) is 11.5. The van der Waals surface area contributed by atoms with Crippen LogP contribution < -0.4 is 15.4 Å². The van der Waals surface area contributed by atoms with Crippen LogP contribution in [0.3, 0.4) is 0 Å². The van der Waals surface area contributed by atoms with Crippen LogP contribution in [0.5, 0.6) is 5.75 Å². The number of fused-ring (bicyclic) bond motifs is 1. The number of carbonyl (C=O) groups is 2. The molecule has 2 aromatic carbocycles. The van der Waals surface area contributed by atoms with E-state index in [9.17, 15) is 9.59 Å². The first kappa shape index (κ1) is 16.3. The number of aryl methyl sites for hydroxylation is 1. The monoisotopic (exact) mass is 344 g/mol. The predicted octanol–water partition coefficient (Wildman–Crippen LogP) is 3.62. The van der Waals surface area contributed by atoms with Crippen LogP contribution in [0.25, 0.3) is 0 Å². The van der Waals surface area contributed by atoms with E-state index in [0.717, 1.165) is 5.56 Å². The Balaban J connectivity index is 1.65. The molecule has 5 nitrogen and oxygen atoms in total. The third kappa shape index (κ3) is 3.68. The summed E-state index contributed by atoms with van der Waals surface area (Å²) < 4.78 is 5.64. The summed E-state index contributed by atoms with van der Waals surface area (Å²) in [7, 11) is 0. The average Bonchev–Trinajstić information content (AvgIpc) is 2.70. The molecule has 2 aromatic rings. The van der Waals surface area contributed by atoms with Gasteiger partial charge < -0.3 is 15.4 Å². The van der Waals surface area contributed by atoms with E-state index in [4.69, 9.17) is 16.3 Å². The number of amides is 2. The standard InChI is InChI=1S/C18H17ClN2O3/c1-11-8-13(19)6-7-14(11)20-17(22)9-12-10-24-16-5-3-2-4-15(16)21-18(12)23/h2-8,12H,9-10H2,1H3,(H,20,22)(H,21,23)/t12-/m1/s1. The SMILES string of the molecule is Cc1cc(Cl)ccc1NC(=O)C[C@@H]1COc2ccccc2NC1=O. The molecule has 0 spiro atoms. The molecule has 0 bridgehead atoms. The van der Waals surface area contributed by atoms with Crippen molar-refractivity contribution in [3.05, 3.63) is 53.1 Å². The fourth-order valence-corrected chi connectivity index (χ4v) is 2.77. The first-order valence-electron chi connectivity index (χ1n) is 7.61. The minimum absolute atomic E-state index is 0.0435. The molecule has 6 heteroatoms. The smallest absolute Gasteiger partial charge is 0.231 e. The highest BCUT2D eigenvalue weighted by Crippen LogP contribution is 2.28. The number of nitrogens with one attached hydrogen (secondary N) is 2. The molecule has 0 aromatic heterocycles. The van der Waals surface area contributed by atoms with Gasteiger partial charge in [-0.15, -0.1) is 0 Å². The molecule has 0 radical (unpaired) electrons. The lowest BCUT2D eigenvalue weighted by Gasteiger charge is -2.14. The number of para-hydroxylation sites is 2. The van der Waals surface area contributed by atoms with Crippen LogP contribution in [0.1, 0.15) is 12.0 Å². The number of ether oxygens (including phenoxy) is 1.